The van der Waals surface area contributed by atoms with E-state index in [2.05, 4.69) is 17.9 Å². The highest BCUT2D eigenvalue weighted by Crippen LogP contribution is 2.29. The molecule has 2 aliphatic rings. The van der Waals surface area contributed by atoms with Gasteiger partial charge in [0, 0.05) is 25.7 Å². The molecular weight excluding hydrogens is 200 g/mol. The zero-order chi connectivity index (χ0) is 11.4. The van der Waals surface area contributed by atoms with Crippen LogP contribution in [0.4, 0.5) is 0 Å². The van der Waals surface area contributed by atoms with Crippen LogP contribution >= 0.6 is 0 Å². The third kappa shape index (κ3) is 2.75. The lowest BCUT2D eigenvalue weighted by Crippen LogP contribution is -2.44. The molecule has 0 amide bonds. The number of hydrogen-bond acceptors (Lipinski definition) is 3. The average molecular weight is 222 g/mol. The van der Waals surface area contributed by atoms with Crippen LogP contribution in [0.5, 0.6) is 0 Å². The summed E-state index contributed by atoms with van der Waals surface area (Å²) >= 11 is 0. The minimum atomic E-state index is 0.249. The lowest BCUT2D eigenvalue weighted by atomic mass is 9.84. The van der Waals surface area contributed by atoms with E-state index in [1.165, 1.54) is 19.3 Å². The van der Waals surface area contributed by atoms with Crippen molar-refractivity contribution >= 4 is 0 Å². The molecule has 0 radical (unpaired) electrons. The molecule has 2 fully saturated rings. The Morgan fingerprint density at radius 1 is 1.25 bits per heavy atom. The minimum absolute atomic E-state index is 0.249. The fourth-order valence-corrected chi connectivity index (χ4v) is 3.03. The maximum absolute atomic E-state index is 9.22. The van der Waals surface area contributed by atoms with Crippen LogP contribution in [0.15, 0.2) is 0 Å². The number of nitriles is 1. The summed E-state index contributed by atoms with van der Waals surface area (Å²) in [5.41, 5.74) is 0. The first kappa shape index (κ1) is 11.9. The van der Waals surface area contributed by atoms with E-state index in [9.17, 15) is 5.26 Å². The highest BCUT2D eigenvalue weighted by molar-refractivity contribution is 4.96. The van der Waals surface area contributed by atoms with Crippen molar-refractivity contribution in [2.75, 3.05) is 19.7 Å². The van der Waals surface area contributed by atoms with Crippen LogP contribution in [0.3, 0.4) is 0 Å². The fourth-order valence-electron chi connectivity index (χ4n) is 3.03. The highest BCUT2D eigenvalue weighted by atomic mass is 16.5. The zero-order valence-electron chi connectivity index (χ0n) is 10.2. The third-order valence-corrected chi connectivity index (χ3v) is 3.85. The molecule has 90 valence electrons. The molecule has 3 nitrogen and oxygen atoms in total. The van der Waals surface area contributed by atoms with Crippen molar-refractivity contribution in [1.29, 1.82) is 5.26 Å². The van der Waals surface area contributed by atoms with E-state index in [-0.39, 0.29) is 5.92 Å². The summed E-state index contributed by atoms with van der Waals surface area (Å²) in [5.74, 6) is 0.249. The Balaban J connectivity index is 2.00. The average Bonchev–Trinajstić information content (AvgIpc) is 2.54. The number of nitrogens with zero attached hydrogens (tertiary/aromatic N) is 2. The lowest BCUT2D eigenvalue weighted by molar-refractivity contribution is 0.0508. The summed E-state index contributed by atoms with van der Waals surface area (Å²) in [4.78, 5) is 2.50. The van der Waals surface area contributed by atoms with Gasteiger partial charge in [0.15, 0.2) is 0 Å². The van der Waals surface area contributed by atoms with Gasteiger partial charge in [0.1, 0.15) is 0 Å². The van der Waals surface area contributed by atoms with E-state index < -0.39 is 0 Å². The summed E-state index contributed by atoms with van der Waals surface area (Å²) in [5, 5.41) is 9.22. The number of rotatable bonds is 1. The molecule has 3 unspecified atom stereocenters. The first-order valence-corrected chi connectivity index (χ1v) is 6.56. The van der Waals surface area contributed by atoms with Crippen LogP contribution in [0.25, 0.3) is 0 Å². The quantitative estimate of drug-likeness (QED) is 0.682. The van der Waals surface area contributed by atoms with Crippen molar-refractivity contribution < 1.29 is 4.74 Å². The molecule has 0 bridgehead atoms. The molecule has 2 rings (SSSR count). The lowest BCUT2D eigenvalue weighted by Gasteiger charge is -2.37. The summed E-state index contributed by atoms with van der Waals surface area (Å²) in [6, 6.07) is 2.99. The van der Waals surface area contributed by atoms with Gasteiger partial charge in [-0.25, -0.2) is 0 Å². The van der Waals surface area contributed by atoms with Crippen LogP contribution in [0, 0.1) is 17.2 Å². The molecule has 0 spiro atoms. The molecule has 3 atom stereocenters. The topological polar surface area (TPSA) is 36.3 Å². The summed E-state index contributed by atoms with van der Waals surface area (Å²) in [7, 11) is 0. The Kier molecular flexibility index (Phi) is 4.20. The Bertz CT molecular complexity index is 261. The Labute approximate surface area is 98.4 Å². The second-order valence-electron chi connectivity index (χ2n) is 5.12. The van der Waals surface area contributed by atoms with Crippen LogP contribution in [-0.4, -0.2) is 36.7 Å². The van der Waals surface area contributed by atoms with Crippen LogP contribution in [0.2, 0.25) is 0 Å². The molecule has 1 aliphatic carbocycles. The van der Waals surface area contributed by atoms with Gasteiger partial charge in [-0.1, -0.05) is 12.8 Å². The molecular formula is C13H22N2O. The molecule has 16 heavy (non-hydrogen) atoms. The van der Waals surface area contributed by atoms with Gasteiger partial charge in [0.25, 0.3) is 0 Å². The third-order valence-electron chi connectivity index (χ3n) is 3.85. The molecule has 1 aliphatic heterocycles. The van der Waals surface area contributed by atoms with E-state index in [1.807, 2.05) is 0 Å². The molecule has 0 aromatic rings. The van der Waals surface area contributed by atoms with E-state index in [1.54, 1.807) is 0 Å². The Hall–Kier alpha value is -0.590. The summed E-state index contributed by atoms with van der Waals surface area (Å²) in [6.45, 7) is 5.13. The molecule has 1 saturated carbocycles. The smallest absolute Gasteiger partial charge is 0.0674 e. The van der Waals surface area contributed by atoms with E-state index in [4.69, 9.17) is 4.74 Å². The highest BCUT2D eigenvalue weighted by Gasteiger charge is 2.31. The first-order valence-electron chi connectivity index (χ1n) is 6.56. The van der Waals surface area contributed by atoms with Crippen LogP contribution in [0.1, 0.15) is 39.0 Å². The zero-order valence-corrected chi connectivity index (χ0v) is 10.2. The van der Waals surface area contributed by atoms with Gasteiger partial charge < -0.3 is 4.74 Å². The molecule has 0 aromatic heterocycles. The largest absolute Gasteiger partial charge is 0.377 e. The monoisotopic (exact) mass is 222 g/mol. The van der Waals surface area contributed by atoms with Gasteiger partial charge in [-0.15, -0.1) is 0 Å². The number of hydrogen-bond donors (Lipinski definition) is 0. The van der Waals surface area contributed by atoms with Crippen molar-refractivity contribution in [2.24, 2.45) is 5.92 Å². The van der Waals surface area contributed by atoms with Gasteiger partial charge in [0.2, 0.25) is 0 Å². The molecule has 3 heteroatoms. The first-order chi connectivity index (χ1) is 7.81. The Morgan fingerprint density at radius 3 is 2.88 bits per heavy atom. The predicted octanol–water partition coefficient (Wildman–Crippen LogP) is 2.18. The van der Waals surface area contributed by atoms with E-state index in [0.717, 1.165) is 32.5 Å². The molecule has 1 saturated heterocycles. The van der Waals surface area contributed by atoms with Crippen molar-refractivity contribution in [2.45, 2.75) is 51.2 Å². The maximum Gasteiger partial charge on any atom is 0.0674 e. The van der Waals surface area contributed by atoms with Gasteiger partial charge in [0.05, 0.1) is 18.1 Å². The van der Waals surface area contributed by atoms with Gasteiger partial charge in [-0.2, -0.15) is 5.26 Å². The van der Waals surface area contributed by atoms with Crippen molar-refractivity contribution in [3.8, 4) is 6.07 Å². The summed E-state index contributed by atoms with van der Waals surface area (Å²) in [6.07, 6.45) is 6.24. The molecule has 1 heterocycles. The molecule has 0 aromatic carbocycles. The standard InChI is InChI=1S/C13H22N2O/c1-11-10-15(7-4-8-16-11)13-6-3-2-5-12(13)9-14/h11-13H,2-8,10H2,1H3. The maximum atomic E-state index is 9.22. The molecule has 0 N–H and O–H groups in total. The van der Waals surface area contributed by atoms with Gasteiger partial charge in [-0.05, 0) is 26.2 Å². The number of ether oxygens (including phenoxy) is 1. The normalized spacial score (nSPS) is 37.6. The summed E-state index contributed by atoms with van der Waals surface area (Å²) < 4.78 is 5.67. The van der Waals surface area contributed by atoms with Crippen LogP contribution < -0.4 is 0 Å². The van der Waals surface area contributed by atoms with Gasteiger partial charge in [-0.3, -0.25) is 4.90 Å². The van der Waals surface area contributed by atoms with E-state index in [0.29, 0.717) is 12.1 Å². The SMILES string of the molecule is CC1CN(C2CCCCC2C#N)CCCO1. The second kappa shape index (κ2) is 5.65. The van der Waals surface area contributed by atoms with E-state index >= 15 is 0 Å². The van der Waals surface area contributed by atoms with Gasteiger partial charge >= 0.3 is 0 Å². The van der Waals surface area contributed by atoms with Crippen molar-refractivity contribution in [3.63, 3.8) is 0 Å². The second-order valence-corrected chi connectivity index (χ2v) is 5.12. The predicted molar refractivity (Wildman–Crippen MR) is 63.0 cm³/mol. The van der Waals surface area contributed by atoms with Crippen molar-refractivity contribution in [3.05, 3.63) is 0 Å². The fraction of sp³-hybridized carbons (Fsp3) is 0.923. The minimum Gasteiger partial charge on any atom is -0.377 e. The Morgan fingerprint density at radius 2 is 2.06 bits per heavy atom. The van der Waals surface area contributed by atoms with Crippen molar-refractivity contribution in [1.82, 2.24) is 4.90 Å². The van der Waals surface area contributed by atoms with Crippen LogP contribution in [-0.2, 0) is 4.74 Å².